The molecule has 5 heteroatoms. The quantitative estimate of drug-likeness (QED) is 0.563. The van der Waals surface area contributed by atoms with Gasteiger partial charge in [-0.2, -0.15) is 0 Å². The molecular weight excluding hydrogens is 353 g/mol. The summed E-state index contributed by atoms with van der Waals surface area (Å²) in [6.45, 7) is 7.17. The number of halogens is 2. The number of benzene rings is 2. The van der Waals surface area contributed by atoms with Gasteiger partial charge in [-0.25, -0.2) is 0 Å². The Hall–Kier alpha value is -1.81. The first-order valence-electron chi connectivity index (χ1n) is 8.42. The van der Waals surface area contributed by atoms with Gasteiger partial charge in [0, 0.05) is 39.4 Å². The first-order chi connectivity index (χ1) is 12.1. The average molecular weight is 374 g/mol. The predicted molar refractivity (Wildman–Crippen MR) is 108 cm³/mol. The van der Waals surface area contributed by atoms with Crippen LogP contribution in [0, 0.1) is 0 Å². The topological polar surface area (TPSA) is 28.2 Å². The van der Waals surface area contributed by atoms with Crippen LogP contribution in [0.5, 0.6) is 0 Å². The molecule has 0 bridgehead atoms. The van der Waals surface area contributed by atoms with E-state index in [0.717, 1.165) is 52.5 Å². The normalized spacial score (nSPS) is 11.2. The molecule has 0 unspecified atom stereocenters. The van der Waals surface area contributed by atoms with E-state index >= 15 is 0 Å². The zero-order chi connectivity index (χ0) is 17.8. The maximum atomic E-state index is 6.13. The lowest BCUT2D eigenvalue weighted by molar-refractivity contribution is 0.296. The highest BCUT2D eigenvalue weighted by molar-refractivity contribution is 6.31. The predicted octanol–water partition coefficient (Wildman–Crippen LogP) is 6.13. The fourth-order valence-corrected chi connectivity index (χ4v) is 3.13. The van der Waals surface area contributed by atoms with Gasteiger partial charge < -0.3 is 5.32 Å². The lowest BCUT2D eigenvalue weighted by atomic mass is 10.1. The third-order valence-electron chi connectivity index (χ3n) is 4.31. The van der Waals surface area contributed by atoms with Gasteiger partial charge in [0.15, 0.2) is 0 Å². The number of aromatic nitrogens is 1. The molecule has 130 valence electrons. The highest BCUT2D eigenvalue weighted by atomic mass is 35.5. The number of nitrogens with one attached hydrogen (secondary N) is 1. The molecule has 1 N–H and O–H groups in total. The summed E-state index contributed by atoms with van der Waals surface area (Å²) in [5.74, 6) is 0. The van der Waals surface area contributed by atoms with Gasteiger partial charge in [-0.05, 0) is 55.6 Å². The van der Waals surface area contributed by atoms with Crippen LogP contribution in [0.1, 0.15) is 19.4 Å². The summed E-state index contributed by atoms with van der Waals surface area (Å²) in [6, 6.07) is 13.5. The van der Waals surface area contributed by atoms with E-state index < -0.39 is 0 Å². The summed E-state index contributed by atoms with van der Waals surface area (Å²) in [4.78, 5) is 6.97. The molecule has 1 aromatic heterocycles. The molecule has 0 aliphatic rings. The lowest BCUT2D eigenvalue weighted by Gasteiger charge is -2.21. The van der Waals surface area contributed by atoms with Crippen molar-refractivity contribution in [3.05, 3.63) is 64.3 Å². The van der Waals surface area contributed by atoms with Crippen molar-refractivity contribution in [3.63, 3.8) is 0 Å². The van der Waals surface area contributed by atoms with Gasteiger partial charge in [-0.3, -0.25) is 9.88 Å². The van der Waals surface area contributed by atoms with Crippen LogP contribution in [0.4, 0.5) is 11.4 Å². The second-order valence-electron chi connectivity index (χ2n) is 5.91. The maximum absolute atomic E-state index is 6.13. The highest BCUT2D eigenvalue weighted by Gasteiger charge is 2.12. The minimum Gasteiger partial charge on any atom is -0.355 e. The molecule has 0 aliphatic carbocycles. The summed E-state index contributed by atoms with van der Waals surface area (Å²) in [5.41, 5.74) is 4.10. The van der Waals surface area contributed by atoms with E-state index in [4.69, 9.17) is 23.2 Å². The summed E-state index contributed by atoms with van der Waals surface area (Å²) >= 11 is 12.1. The van der Waals surface area contributed by atoms with Gasteiger partial charge in [0.25, 0.3) is 0 Å². The first kappa shape index (κ1) is 18.0. The molecule has 0 aliphatic heterocycles. The number of hydrogen-bond acceptors (Lipinski definition) is 3. The van der Waals surface area contributed by atoms with Crippen molar-refractivity contribution < 1.29 is 0 Å². The Labute approximate surface area is 158 Å². The van der Waals surface area contributed by atoms with E-state index in [9.17, 15) is 0 Å². The first-order valence-corrected chi connectivity index (χ1v) is 9.18. The second kappa shape index (κ2) is 8.05. The van der Waals surface area contributed by atoms with Crippen LogP contribution < -0.4 is 5.32 Å². The van der Waals surface area contributed by atoms with Gasteiger partial charge >= 0.3 is 0 Å². The zero-order valence-corrected chi connectivity index (χ0v) is 15.9. The number of hydrogen-bond donors (Lipinski definition) is 1. The summed E-state index contributed by atoms with van der Waals surface area (Å²) < 4.78 is 0. The van der Waals surface area contributed by atoms with Crippen molar-refractivity contribution in [2.75, 3.05) is 18.4 Å². The molecule has 0 atom stereocenters. The average Bonchev–Trinajstić information content (AvgIpc) is 2.62. The standard InChI is InChI=1S/C20H21Cl2N3/c1-3-25(4-2)13-14-12-23-19-11-16(22)7-10-18(19)20(14)24-17-8-5-15(21)6-9-17/h5-12H,3-4,13H2,1-2H3,(H,23,24). The molecular formula is C20H21Cl2N3. The Morgan fingerprint density at radius 3 is 2.32 bits per heavy atom. The molecule has 0 spiro atoms. The van der Waals surface area contributed by atoms with Crippen molar-refractivity contribution in [2.24, 2.45) is 0 Å². The summed E-state index contributed by atoms with van der Waals surface area (Å²) in [5, 5.41) is 6.02. The van der Waals surface area contributed by atoms with Crippen LogP contribution >= 0.6 is 23.2 Å². The molecule has 0 amide bonds. The smallest absolute Gasteiger partial charge is 0.0737 e. The van der Waals surface area contributed by atoms with E-state index in [-0.39, 0.29) is 0 Å². The largest absolute Gasteiger partial charge is 0.355 e. The van der Waals surface area contributed by atoms with Crippen LogP contribution in [0.3, 0.4) is 0 Å². The van der Waals surface area contributed by atoms with Crippen LogP contribution in [0.2, 0.25) is 10.0 Å². The zero-order valence-electron chi connectivity index (χ0n) is 14.4. The number of fused-ring (bicyclic) bond motifs is 1. The molecule has 1 heterocycles. The summed E-state index contributed by atoms with van der Waals surface area (Å²) in [7, 11) is 0. The fraction of sp³-hybridized carbons (Fsp3) is 0.250. The van der Waals surface area contributed by atoms with Crippen molar-refractivity contribution in [1.29, 1.82) is 0 Å². The van der Waals surface area contributed by atoms with E-state index in [1.165, 1.54) is 0 Å². The van der Waals surface area contributed by atoms with Gasteiger partial charge in [-0.1, -0.05) is 37.0 Å². The number of nitrogens with zero attached hydrogens (tertiary/aromatic N) is 2. The molecule has 3 nitrogen and oxygen atoms in total. The van der Waals surface area contributed by atoms with Crippen molar-refractivity contribution >= 4 is 45.5 Å². The molecule has 2 aromatic carbocycles. The van der Waals surface area contributed by atoms with Crippen LogP contribution in [0.25, 0.3) is 10.9 Å². The van der Waals surface area contributed by atoms with E-state index in [1.54, 1.807) is 0 Å². The minimum absolute atomic E-state index is 0.689. The SMILES string of the molecule is CCN(CC)Cc1cnc2cc(Cl)ccc2c1Nc1ccc(Cl)cc1. The van der Waals surface area contributed by atoms with Crippen molar-refractivity contribution in [1.82, 2.24) is 9.88 Å². The Bertz CT molecular complexity index is 859. The van der Waals surface area contributed by atoms with Crippen LogP contribution in [-0.2, 0) is 6.54 Å². The Kier molecular flexibility index (Phi) is 5.79. The summed E-state index contributed by atoms with van der Waals surface area (Å²) in [6.07, 6.45) is 1.94. The second-order valence-corrected chi connectivity index (χ2v) is 6.79. The number of pyridine rings is 1. The Balaban J connectivity index is 2.07. The van der Waals surface area contributed by atoms with Crippen molar-refractivity contribution in [2.45, 2.75) is 20.4 Å². The lowest BCUT2D eigenvalue weighted by Crippen LogP contribution is -2.22. The molecule has 25 heavy (non-hydrogen) atoms. The molecule has 0 radical (unpaired) electrons. The maximum Gasteiger partial charge on any atom is 0.0737 e. The van der Waals surface area contributed by atoms with Gasteiger partial charge in [-0.15, -0.1) is 0 Å². The molecule has 3 aromatic rings. The third kappa shape index (κ3) is 4.24. The minimum atomic E-state index is 0.689. The van der Waals surface area contributed by atoms with Gasteiger partial charge in [0.1, 0.15) is 0 Å². The fourth-order valence-electron chi connectivity index (χ4n) is 2.84. The molecule has 0 saturated carbocycles. The third-order valence-corrected chi connectivity index (χ3v) is 4.80. The molecule has 3 rings (SSSR count). The molecule has 0 saturated heterocycles. The van der Waals surface area contributed by atoms with E-state index in [0.29, 0.717) is 5.02 Å². The monoisotopic (exact) mass is 373 g/mol. The van der Waals surface area contributed by atoms with E-state index in [2.05, 4.69) is 29.0 Å². The highest BCUT2D eigenvalue weighted by Crippen LogP contribution is 2.31. The van der Waals surface area contributed by atoms with E-state index in [1.807, 2.05) is 48.7 Å². The van der Waals surface area contributed by atoms with Crippen LogP contribution in [0.15, 0.2) is 48.7 Å². The van der Waals surface area contributed by atoms with Crippen molar-refractivity contribution in [3.8, 4) is 0 Å². The Morgan fingerprint density at radius 2 is 1.64 bits per heavy atom. The Morgan fingerprint density at radius 1 is 0.960 bits per heavy atom. The van der Waals surface area contributed by atoms with Gasteiger partial charge in [0.05, 0.1) is 11.2 Å². The van der Waals surface area contributed by atoms with Gasteiger partial charge in [0.2, 0.25) is 0 Å². The van der Waals surface area contributed by atoms with Crippen LogP contribution in [-0.4, -0.2) is 23.0 Å². The molecule has 0 fully saturated rings. The number of anilines is 2. The number of rotatable bonds is 6.